The van der Waals surface area contributed by atoms with Crippen LogP contribution in [-0.4, -0.2) is 36.0 Å². The van der Waals surface area contributed by atoms with Crippen LogP contribution in [-0.2, 0) is 4.79 Å². The maximum Gasteiger partial charge on any atom is 0.317 e. The topological polar surface area (TPSA) is 61.4 Å². The molecule has 0 atom stereocenters. The smallest absolute Gasteiger partial charge is 0.317 e. The minimum atomic E-state index is -0.131. The number of rotatable bonds is 3. The van der Waals surface area contributed by atoms with E-state index in [0.717, 1.165) is 0 Å². The minimum Gasteiger partial charge on any atom is -0.336 e. The second-order valence-corrected chi connectivity index (χ2v) is 6.74. The van der Waals surface area contributed by atoms with Crippen LogP contribution in [0.3, 0.4) is 0 Å². The maximum atomic E-state index is 12.4. The number of piperidine rings is 1. The number of hydrogen-bond acceptors (Lipinski definition) is 2. The van der Waals surface area contributed by atoms with Crippen molar-refractivity contribution < 1.29 is 9.59 Å². The molecule has 1 saturated heterocycles. The lowest BCUT2D eigenvalue weighted by Gasteiger charge is -2.32. The van der Waals surface area contributed by atoms with Crippen LogP contribution in [0.25, 0.3) is 0 Å². The van der Waals surface area contributed by atoms with Gasteiger partial charge in [0.15, 0.2) is 0 Å². The Bertz CT molecular complexity index is 585. The Labute approximate surface area is 146 Å². The summed E-state index contributed by atoms with van der Waals surface area (Å²) in [7, 11) is 0. The first-order chi connectivity index (χ1) is 10.9. The van der Waals surface area contributed by atoms with Crippen LogP contribution in [0.15, 0.2) is 18.2 Å². The fourth-order valence-electron chi connectivity index (χ4n) is 2.52. The highest BCUT2D eigenvalue weighted by molar-refractivity contribution is 6.44. The number of carbonyl (C=O) groups is 2. The zero-order valence-electron chi connectivity index (χ0n) is 13.2. The van der Waals surface area contributed by atoms with E-state index in [-0.39, 0.29) is 23.9 Å². The van der Waals surface area contributed by atoms with Crippen molar-refractivity contribution in [2.24, 2.45) is 5.92 Å². The van der Waals surface area contributed by atoms with Gasteiger partial charge in [-0.1, -0.05) is 29.3 Å². The highest BCUT2D eigenvalue weighted by Crippen LogP contribution is 2.30. The molecule has 126 valence electrons. The van der Waals surface area contributed by atoms with Gasteiger partial charge in [-0.3, -0.25) is 4.79 Å². The number of nitrogens with one attached hydrogen (secondary N) is 2. The quantitative estimate of drug-likeness (QED) is 0.864. The Morgan fingerprint density at radius 1 is 1.22 bits per heavy atom. The van der Waals surface area contributed by atoms with E-state index in [0.29, 0.717) is 41.7 Å². The van der Waals surface area contributed by atoms with Crippen molar-refractivity contribution in [3.05, 3.63) is 28.2 Å². The third-order valence-electron chi connectivity index (χ3n) is 3.77. The highest BCUT2D eigenvalue weighted by atomic mass is 35.5. The van der Waals surface area contributed by atoms with Crippen LogP contribution in [0.1, 0.15) is 26.7 Å². The number of urea groups is 1. The summed E-state index contributed by atoms with van der Waals surface area (Å²) in [6.07, 6.45) is 1.27. The molecule has 3 amide bonds. The Balaban J connectivity index is 1.89. The molecule has 0 spiro atoms. The molecule has 7 heteroatoms. The molecule has 1 aliphatic heterocycles. The molecule has 0 aliphatic carbocycles. The van der Waals surface area contributed by atoms with Gasteiger partial charge < -0.3 is 15.5 Å². The molecule has 1 fully saturated rings. The van der Waals surface area contributed by atoms with Gasteiger partial charge in [0.1, 0.15) is 0 Å². The summed E-state index contributed by atoms with van der Waals surface area (Å²) >= 11 is 12.0. The molecule has 2 N–H and O–H groups in total. The van der Waals surface area contributed by atoms with Gasteiger partial charge in [-0.2, -0.15) is 0 Å². The number of carbonyl (C=O) groups excluding carboxylic acids is 2. The van der Waals surface area contributed by atoms with Gasteiger partial charge in [-0.15, -0.1) is 0 Å². The van der Waals surface area contributed by atoms with Crippen LogP contribution >= 0.6 is 23.2 Å². The van der Waals surface area contributed by atoms with Crippen molar-refractivity contribution in [1.82, 2.24) is 10.2 Å². The van der Waals surface area contributed by atoms with Crippen molar-refractivity contribution in [3.63, 3.8) is 0 Å². The maximum absolute atomic E-state index is 12.4. The van der Waals surface area contributed by atoms with Crippen molar-refractivity contribution in [2.75, 3.05) is 18.4 Å². The van der Waals surface area contributed by atoms with Gasteiger partial charge in [-0.05, 0) is 38.8 Å². The van der Waals surface area contributed by atoms with E-state index >= 15 is 0 Å². The number of likely N-dealkylation sites (tertiary alicyclic amines) is 1. The molecule has 0 bridgehead atoms. The molecule has 1 aromatic carbocycles. The molecule has 1 heterocycles. The van der Waals surface area contributed by atoms with Crippen molar-refractivity contribution in [2.45, 2.75) is 32.7 Å². The number of benzene rings is 1. The third kappa shape index (κ3) is 4.75. The Hall–Kier alpha value is -1.46. The number of anilines is 1. The van der Waals surface area contributed by atoms with Gasteiger partial charge in [0, 0.05) is 25.0 Å². The monoisotopic (exact) mass is 357 g/mol. The van der Waals surface area contributed by atoms with Gasteiger partial charge >= 0.3 is 6.03 Å². The summed E-state index contributed by atoms with van der Waals surface area (Å²) < 4.78 is 0. The summed E-state index contributed by atoms with van der Waals surface area (Å²) in [5, 5.41) is 6.44. The summed E-state index contributed by atoms with van der Waals surface area (Å²) in [6.45, 7) is 4.99. The number of nitrogens with zero attached hydrogens (tertiary/aromatic N) is 1. The summed E-state index contributed by atoms with van der Waals surface area (Å²) in [6, 6.07) is 5.16. The van der Waals surface area contributed by atoms with E-state index in [1.54, 1.807) is 23.1 Å². The zero-order chi connectivity index (χ0) is 17.0. The lowest BCUT2D eigenvalue weighted by molar-refractivity contribution is -0.121. The first-order valence-electron chi connectivity index (χ1n) is 7.68. The normalized spacial score (nSPS) is 15.6. The van der Waals surface area contributed by atoms with Crippen LogP contribution in [0, 0.1) is 5.92 Å². The van der Waals surface area contributed by atoms with Gasteiger partial charge in [-0.25, -0.2) is 4.79 Å². The largest absolute Gasteiger partial charge is 0.336 e. The second-order valence-electron chi connectivity index (χ2n) is 5.96. The average Bonchev–Trinajstić information content (AvgIpc) is 2.51. The van der Waals surface area contributed by atoms with E-state index in [1.165, 1.54) is 0 Å². The molecular formula is C16H21Cl2N3O2. The zero-order valence-corrected chi connectivity index (χ0v) is 14.7. The predicted molar refractivity (Wildman–Crippen MR) is 93.1 cm³/mol. The van der Waals surface area contributed by atoms with Crippen LogP contribution in [0.4, 0.5) is 10.5 Å². The molecule has 0 radical (unpaired) electrons. The van der Waals surface area contributed by atoms with Crippen LogP contribution in [0.2, 0.25) is 10.0 Å². The van der Waals surface area contributed by atoms with E-state index in [2.05, 4.69) is 10.6 Å². The van der Waals surface area contributed by atoms with Crippen molar-refractivity contribution in [3.8, 4) is 0 Å². The molecule has 23 heavy (non-hydrogen) atoms. The molecule has 0 saturated carbocycles. The number of hydrogen-bond donors (Lipinski definition) is 2. The Morgan fingerprint density at radius 2 is 1.87 bits per heavy atom. The SMILES string of the molecule is CC(C)NC(=O)N1CCC(C(=O)Nc2cccc(Cl)c2Cl)CC1. The lowest BCUT2D eigenvalue weighted by atomic mass is 9.96. The fourth-order valence-corrected chi connectivity index (χ4v) is 2.87. The van der Waals surface area contributed by atoms with Crippen molar-refractivity contribution in [1.29, 1.82) is 0 Å². The molecule has 1 aliphatic rings. The third-order valence-corrected chi connectivity index (χ3v) is 4.59. The van der Waals surface area contributed by atoms with E-state index in [4.69, 9.17) is 23.2 Å². The van der Waals surface area contributed by atoms with Crippen LogP contribution in [0.5, 0.6) is 0 Å². The molecule has 0 aromatic heterocycles. The average molecular weight is 358 g/mol. The van der Waals surface area contributed by atoms with E-state index < -0.39 is 0 Å². The molecule has 5 nitrogen and oxygen atoms in total. The molecular weight excluding hydrogens is 337 g/mol. The molecule has 2 rings (SSSR count). The summed E-state index contributed by atoms with van der Waals surface area (Å²) in [5.74, 6) is -0.216. The van der Waals surface area contributed by atoms with Gasteiger partial charge in [0.05, 0.1) is 15.7 Å². The predicted octanol–water partition coefficient (Wildman–Crippen LogP) is 3.76. The van der Waals surface area contributed by atoms with E-state index in [1.807, 2.05) is 13.8 Å². The van der Waals surface area contributed by atoms with Gasteiger partial charge in [0.25, 0.3) is 0 Å². The van der Waals surface area contributed by atoms with E-state index in [9.17, 15) is 9.59 Å². The van der Waals surface area contributed by atoms with Crippen molar-refractivity contribution >= 4 is 40.8 Å². The lowest BCUT2D eigenvalue weighted by Crippen LogP contribution is -2.47. The second kappa shape index (κ2) is 7.88. The minimum absolute atomic E-state index is 0.0725. The summed E-state index contributed by atoms with van der Waals surface area (Å²) in [4.78, 5) is 26.0. The van der Waals surface area contributed by atoms with Gasteiger partial charge in [0.2, 0.25) is 5.91 Å². The fraction of sp³-hybridized carbons (Fsp3) is 0.500. The Kier molecular flexibility index (Phi) is 6.13. The molecule has 1 aromatic rings. The van der Waals surface area contributed by atoms with Crippen LogP contribution < -0.4 is 10.6 Å². The Morgan fingerprint density at radius 3 is 2.48 bits per heavy atom. The first kappa shape index (κ1) is 17.9. The number of amides is 3. The summed E-state index contributed by atoms with van der Waals surface area (Å²) in [5.41, 5.74) is 0.518. The molecule has 0 unspecified atom stereocenters. The number of halogens is 2. The highest BCUT2D eigenvalue weighted by Gasteiger charge is 2.27. The first-order valence-corrected chi connectivity index (χ1v) is 8.44. The standard InChI is InChI=1S/C16H21Cl2N3O2/c1-10(2)19-16(23)21-8-6-11(7-9-21)15(22)20-13-5-3-4-12(17)14(13)18/h3-5,10-11H,6-9H2,1-2H3,(H,19,23)(H,20,22).